The van der Waals surface area contributed by atoms with Gasteiger partial charge in [0.05, 0.1) is 54.9 Å². The van der Waals surface area contributed by atoms with Gasteiger partial charge < -0.3 is 25.2 Å². The monoisotopic (exact) mass is 481 g/mol. The maximum Gasteiger partial charge on any atom is 0.200 e. The molecule has 1 aromatic heterocycles. The van der Waals surface area contributed by atoms with Crippen LogP contribution in [0.15, 0.2) is 24.5 Å². The molecule has 5 rings (SSSR count). The van der Waals surface area contributed by atoms with Gasteiger partial charge in [0.1, 0.15) is 5.75 Å². The van der Waals surface area contributed by atoms with Crippen molar-refractivity contribution in [3.63, 3.8) is 0 Å². The number of rotatable bonds is 8. The third kappa shape index (κ3) is 5.01. The van der Waals surface area contributed by atoms with E-state index in [1.54, 1.807) is 0 Å². The minimum absolute atomic E-state index is 0.0131. The van der Waals surface area contributed by atoms with Gasteiger partial charge in [-0.3, -0.25) is 24.4 Å². The van der Waals surface area contributed by atoms with E-state index < -0.39 is 0 Å². The number of morpholine rings is 2. The number of ketones is 2. The van der Waals surface area contributed by atoms with Crippen LogP contribution in [0.3, 0.4) is 0 Å². The van der Waals surface area contributed by atoms with E-state index in [1.807, 2.05) is 12.1 Å². The van der Waals surface area contributed by atoms with Gasteiger partial charge in [0, 0.05) is 69.9 Å². The molecule has 0 spiro atoms. The van der Waals surface area contributed by atoms with E-state index in [2.05, 4.69) is 25.4 Å². The molecule has 0 unspecified atom stereocenters. The van der Waals surface area contributed by atoms with Crippen LogP contribution in [0.4, 0.5) is 11.4 Å². The molecule has 10 heteroatoms. The molecule has 3 heterocycles. The van der Waals surface area contributed by atoms with Gasteiger partial charge in [0.25, 0.3) is 0 Å². The smallest absolute Gasteiger partial charge is 0.200 e. The lowest BCUT2D eigenvalue weighted by atomic mass is 9.82. The summed E-state index contributed by atoms with van der Waals surface area (Å²) in [5, 5.41) is 17.1. The second-order valence-electron chi connectivity index (χ2n) is 8.91. The molecule has 35 heavy (non-hydrogen) atoms. The maximum absolute atomic E-state index is 13.6. The highest BCUT2D eigenvalue weighted by molar-refractivity contribution is 6.32. The van der Waals surface area contributed by atoms with Crippen LogP contribution in [-0.2, 0) is 9.47 Å². The van der Waals surface area contributed by atoms with Gasteiger partial charge in [-0.25, -0.2) is 0 Å². The molecule has 2 fully saturated rings. The highest BCUT2D eigenvalue weighted by atomic mass is 16.5. The number of hydrogen-bond donors (Lipinski definition) is 3. The molecule has 0 bridgehead atoms. The number of aromatic hydroxyl groups is 1. The van der Waals surface area contributed by atoms with Crippen molar-refractivity contribution in [3.8, 4) is 5.75 Å². The molecule has 2 aromatic rings. The Morgan fingerprint density at radius 2 is 1.29 bits per heavy atom. The molecule has 0 atom stereocenters. The van der Waals surface area contributed by atoms with Crippen LogP contribution in [0.2, 0.25) is 0 Å². The fraction of sp³-hybridized carbons (Fsp3) is 0.480. The summed E-state index contributed by atoms with van der Waals surface area (Å²) in [6.07, 6.45) is 2.55. The van der Waals surface area contributed by atoms with E-state index in [1.165, 1.54) is 12.4 Å². The van der Waals surface area contributed by atoms with E-state index in [0.717, 1.165) is 65.7 Å². The zero-order valence-corrected chi connectivity index (χ0v) is 19.7. The number of ether oxygens (including phenoxy) is 2. The van der Waals surface area contributed by atoms with Crippen molar-refractivity contribution in [1.82, 2.24) is 14.8 Å². The van der Waals surface area contributed by atoms with E-state index in [4.69, 9.17) is 9.47 Å². The molecule has 10 nitrogen and oxygen atoms in total. The standard InChI is InChI=1S/C25H31N5O5/c31-20-16-26-15-17-21(20)25(33)23-19(28-4-6-30-9-13-35-14-10-30)2-1-18(22(23)24(17)32)27-3-5-29-7-11-34-12-8-29/h1-2,15-16,27-28,31H,3-14H2. The summed E-state index contributed by atoms with van der Waals surface area (Å²) in [6, 6.07) is 3.69. The van der Waals surface area contributed by atoms with Crippen LogP contribution in [-0.4, -0.2) is 110 Å². The van der Waals surface area contributed by atoms with E-state index in [-0.39, 0.29) is 28.4 Å². The summed E-state index contributed by atoms with van der Waals surface area (Å²) in [5.41, 5.74) is 1.96. The van der Waals surface area contributed by atoms with Crippen molar-refractivity contribution in [1.29, 1.82) is 0 Å². The lowest BCUT2D eigenvalue weighted by Crippen LogP contribution is -2.39. The summed E-state index contributed by atoms with van der Waals surface area (Å²) in [5.74, 6) is -0.972. The van der Waals surface area contributed by atoms with Gasteiger partial charge >= 0.3 is 0 Å². The number of nitrogens with zero attached hydrogens (tertiary/aromatic N) is 3. The summed E-state index contributed by atoms with van der Waals surface area (Å²) < 4.78 is 10.8. The maximum atomic E-state index is 13.6. The second-order valence-corrected chi connectivity index (χ2v) is 8.91. The molecule has 0 saturated carbocycles. The number of fused-ring (bicyclic) bond motifs is 2. The number of hydrogen-bond acceptors (Lipinski definition) is 10. The summed E-state index contributed by atoms with van der Waals surface area (Å²) in [6.45, 7) is 9.23. The molecule has 1 aliphatic carbocycles. The first-order valence-corrected chi connectivity index (χ1v) is 12.1. The number of carbonyl (C=O) groups is 2. The predicted molar refractivity (Wildman–Crippen MR) is 131 cm³/mol. The van der Waals surface area contributed by atoms with Crippen LogP contribution < -0.4 is 10.6 Å². The average Bonchev–Trinajstić information content (AvgIpc) is 2.89. The molecular formula is C25H31N5O5. The fourth-order valence-corrected chi connectivity index (χ4v) is 4.84. The third-order valence-electron chi connectivity index (χ3n) is 6.75. The highest BCUT2D eigenvalue weighted by Gasteiger charge is 2.36. The number of carbonyl (C=O) groups excluding carboxylic acids is 2. The van der Waals surface area contributed by atoms with Crippen molar-refractivity contribution < 1.29 is 24.2 Å². The SMILES string of the molecule is O=C1c2cncc(O)c2C(=O)c2c(NCCN3CCOCC3)ccc(NCCN3CCOCC3)c21. The molecule has 2 aliphatic heterocycles. The topological polar surface area (TPSA) is 116 Å². The Bertz CT molecular complexity index is 1100. The Morgan fingerprint density at radius 1 is 0.771 bits per heavy atom. The van der Waals surface area contributed by atoms with Crippen molar-refractivity contribution in [2.75, 3.05) is 89.4 Å². The van der Waals surface area contributed by atoms with Crippen molar-refractivity contribution in [2.45, 2.75) is 0 Å². The molecule has 186 valence electrons. The first-order chi connectivity index (χ1) is 17.1. The quantitative estimate of drug-likeness (QED) is 0.431. The zero-order chi connectivity index (χ0) is 24.2. The minimum atomic E-state index is -0.375. The van der Waals surface area contributed by atoms with Crippen LogP contribution in [0, 0.1) is 0 Å². The van der Waals surface area contributed by atoms with E-state index >= 15 is 0 Å². The molecule has 3 aliphatic rings. The van der Waals surface area contributed by atoms with Crippen LogP contribution in [0.1, 0.15) is 31.8 Å². The Kier molecular flexibility index (Phi) is 7.24. The highest BCUT2D eigenvalue weighted by Crippen LogP contribution is 2.38. The number of nitrogens with one attached hydrogen (secondary N) is 2. The number of anilines is 2. The molecule has 2 saturated heterocycles. The largest absolute Gasteiger partial charge is 0.506 e. The normalized spacial score (nSPS) is 18.7. The molecule has 3 N–H and O–H groups in total. The van der Waals surface area contributed by atoms with Gasteiger partial charge in [0.15, 0.2) is 5.78 Å². The lowest BCUT2D eigenvalue weighted by molar-refractivity contribution is 0.0398. The van der Waals surface area contributed by atoms with Crippen molar-refractivity contribution >= 4 is 22.9 Å². The molecular weight excluding hydrogens is 450 g/mol. The third-order valence-corrected chi connectivity index (χ3v) is 6.75. The van der Waals surface area contributed by atoms with Crippen LogP contribution in [0.5, 0.6) is 5.75 Å². The Morgan fingerprint density at radius 3 is 1.83 bits per heavy atom. The summed E-state index contributed by atoms with van der Waals surface area (Å²) in [7, 11) is 0. The van der Waals surface area contributed by atoms with Gasteiger partial charge in [-0.2, -0.15) is 0 Å². The Balaban J connectivity index is 1.40. The van der Waals surface area contributed by atoms with E-state index in [9.17, 15) is 14.7 Å². The van der Waals surface area contributed by atoms with Gasteiger partial charge in [-0.1, -0.05) is 0 Å². The predicted octanol–water partition coefficient (Wildman–Crippen LogP) is 1.05. The van der Waals surface area contributed by atoms with E-state index in [0.29, 0.717) is 35.6 Å². The Labute approximate surface area is 204 Å². The molecule has 0 amide bonds. The van der Waals surface area contributed by atoms with Crippen LogP contribution >= 0.6 is 0 Å². The van der Waals surface area contributed by atoms with Crippen molar-refractivity contribution in [2.24, 2.45) is 0 Å². The first kappa shape index (κ1) is 23.7. The zero-order valence-electron chi connectivity index (χ0n) is 19.7. The summed E-state index contributed by atoms with van der Waals surface area (Å²) >= 11 is 0. The Hall–Kier alpha value is -3.05. The number of aromatic nitrogens is 1. The molecule has 1 aromatic carbocycles. The van der Waals surface area contributed by atoms with Gasteiger partial charge in [-0.05, 0) is 12.1 Å². The summed E-state index contributed by atoms with van der Waals surface area (Å²) in [4.78, 5) is 35.7. The van der Waals surface area contributed by atoms with Crippen LogP contribution in [0.25, 0.3) is 0 Å². The minimum Gasteiger partial charge on any atom is -0.506 e. The average molecular weight is 482 g/mol. The number of benzene rings is 1. The molecule has 0 radical (unpaired) electrons. The fourth-order valence-electron chi connectivity index (χ4n) is 4.84. The number of pyridine rings is 1. The first-order valence-electron chi connectivity index (χ1n) is 12.1. The van der Waals surface area contributed by atoms with Crippen molar-refractivity contribution in [3.05, 3.63) is 46.8 Å². The lowest BCUT2D eigenvalue weighted by Gasteiger charge is -2.28. The van der Waals surface area contributed by atoms with Gasteiger partial charge in [0.2, 0.25) is 5.78 Å². The van der Waals surface area contributed by atoms with Gasteiger partial charge in [-0.15, -0.1) is 0 Å². The second kappa shape index (κ2) is 10.7.